The topological polar surface area (TPSA) is 149 Å². The zero-order valence-corrected chi connectivity index (χ0v) is 35.2. The molecule has 0 bridgehead atoms. The van der Waals surface area contributed by atoms with Crippen LogP contribution in [0, 0.1) is 0 Å². The lowest BCUT2D eigenvalue weighted by molar-refractivity contribution is -0.302. The Hall–Kier alpha value is -1.59. The maximum absolute atomic E-state index is 12.9. The zero-order valence-electron chi connectivity index (χ0n) is 35.2. The van der Waals surface area contributed by atoms with Crippen molar-refractivity contribution < 1.29 is 39.8 Å². The molecule has 0 radical (unpaired) electrons. The molecule has 1 aliphatic heterocycles. The van der Waals surface area contributed by atoms with E-state index in [1.54, 1.807) is 6.08 Å². The molecule has 0 spiro atoms. The SMILES string of the molecule is CCCCCC/C=C\C/C=C\CCCCCCCC(=O)NC(COC1OC(CO)C(O)C(O)C1O)C(O)/C=C/CCCCCCCCCCCCCCCC. The summed E-state index contributed by atoms with van der Waals surface area (Å²) in [4.78, 5) is 12.9. The summed E-state index contributed by atoms with van der Waals surface area (Å²) in [5, 5.41) is 54.1. The first kappa shape index (κ1) is 51.4. The smallest absolute Gasteiger partial charge is 0.220 e. The minimum absolute atomic E-state index is 0.192. The molecule has 1 rings (SSSR count). The molecular weight excluding hydrogens is 695 g/mol. The summed E-state index contributed by atoms with van der Waals surface area (Å²) in [6, 6.07) is -0.810. The number of ether oxygens (including phenoxy) is 2. The van der Waals surface area contributed by atoms with Gasteiger partial charge in [-0.05, 0) is 51.4 Å². The lowest BCUT2D eigenvalue weighted by atomic mass is 9.99. The number of aliphatic hydroxyl groups excluding tert-OH is 5. The molecule has 1 saturated heterocycles. The molecule has 7 unspecified atom stereocenters. The van der Waals surface area contributed by atoms with E-state index in [2.05, 4.69) is 43.5 Å². The average Bonchev–Trinajstić information content (AvgIpc) is 3.18. The summed E-state index contributed by atoms with van der Waals surface area (Å²) in [7, 11) is 0. The van der Waals surface area contributed by atoms with Crippen molar-refractivity contribution in [1.29, 1.82) is 0 Å². The first-order chi connectivity index (χ1) is 26.8. The molecule has 6 N–H and O–H groups in total. The highest BCUT2D eigenvalue weighted by atomic mass is 16.7. The van der Waals surface area contributed by atoms with Gasteiger partial charge in [0.2, 0.25) is 5.91 Å². The zero-order chi connectivity index (χ0) is 40.2. The number of aliphatic hydroxyl groups is 5. The fourth-order valence-corrected chi connectivity index (χ4v) is 7.01. The third kappa shape index (κ3) is 27.6. The number of allylic oxidation sites excluding steroid dienone is 5. The lowest BCUT2D eigenvalue weighted by Crippen LogP contribution is -2.60. The van der Waals surface area contributed by atoms with Crippen LogP contribution in [-0.4, -0.2) is 87.5 Å². The minimum atomic E-state index is -1.57. The summed E-state index contributed by atoms with van der Waals surface area (Å²) in [6.07, 6.45) is 37.5. The van der Waals surface area contributed by atoms with Gasteiger partial charge in [0.15, 0.2) is 6.29 Å². The molecule has 7 atom stereocenters. The predicted molar refractivity (Wildman–Crippen MR) is 226 cm³/mol. The van der Waals surface area contributed by atoms with Crippen LogP contribution >= 0.6 is 0 Å². The van der Waals surface area contributed by atoms with Gasteiger partial charge in [-0.3, -0.25) is 4.79 Å². The summed E-state index contributed by atoms with van der Waals surface area (Å²) in [6.45, 7) is 3.74. The largest absolute Gasteiger partial charge is 0.394 e. The highest BCUT2D eigenvalue weighted by Crippen LogP contribution is 2.22. The summed E-state index contributed by atoms with van der Waals surface area (Å²) < 4.78 is 11.2. The highest BCUT2D eigenvalue weighted by molar-refractivity contribution is 5.76. The van der Waals surface area contributed by atoms with E-state index < -0.39 is 49.5 Å². The van der Waals surface area contributed by atoms with Gasteiger partial charge in [-0.2, -0.15) is 0 Å². The van der Waals surface area contributed by atoms with Crippen molar-refractivity contribution in [2.75, 3.05) is 13.2 Å². The van der Waals surface area contributed by atoms with E-state index in [0.717, 1.165) is 64.2 Å². The second-order valence-corrected chi connectivity index (χ2v) is 15.8. The maximum Gasteiger partial charge on any atom is 0.220 e. The van der Waals surface area contributed by atoms with Crippen LogP contribution in [0.15, 0.2) is 36.5 Å². The molecule has 1 aliphatic rings. The van der Waals surface area contributed by atoms with Crippen molar-refractivity contribution in [3.05, 3.63) is 36.5 Å². The highest BCUT2D eigenvalue weighted by Gasteiger charge is 2.44. The fraction of sp³-hybridized carbons (Fsp3) is 0.848. The van der Waals surface area contributed by atoms with Gasteiger partial charge in [0, 0.05) is 6.42 Å². The number of carbonyl (C=O) groups is 1. The summed E-state index contributed by atoms with van der Waals surface area (Å²) >= 11 is 0. The van der Waals surface area contributed by atoms with E-state index in [1.165, 1.54) is 109 Å². The second-order valence-electron chi connectivity index (χ2n) is 15.8. The minimum Gasteiger partial charge on any atom is -0.394 e. The average molecular weight is 780 g/mol. The predicted octanol–water partition coefficient (Wildman–Crippen LogP) is 9.28. The van der Waals surface area contributed by atoms with Crippen molar-refractivity contribution in [3.8, 4) is 0 Å². The van der Waals surface area contributed by atoms with E-state index >= 15 is 0 Å². The van der Waals surface area contributed by atoms with Crippen LogP contribution in [0.3, 0.4) is 0 Å². The van der Waals surface area contributed by atoms with E-state index in [1.807, 2.05) is 6.08 Å². The fourth-order valence-electron chi connectivity index (χ4n) is 7.01. The van der Waals surface area contributed by atoms with Crippen LogP contribution in [-0.2, 0) is 14.3 Å². The van der Waals surface area contributed by atoms with Gasteiger partial charge < -0.3 is 40.3 Å². The molecule has 0 aliphatic carbocycles. The normalized spacial score (nSPS) is 21.6. The molecule has 0 aromatic rings. The molecule has 9 heteroatoms. The number of amides is 1. The number of rotatable bonds is 37. The van der Waals surface area contributed by atoms with Crippen molar-refractivity contribution in [2.24, 2.45) is 0 Å². The van der Waals surface area contributed by atoms with Crippen molar-refractivity contribution in [3.63, 3.8) is 0 Å². The first-order valence-corrected chi connectivity index (χ1v) is 22.7. The van der Waals surface area contributed by atoms with Crippen LogP contribution in [0.25, 0.3) is 0 Å². The lowest BCUT2D eigenvalue weighted by Gasteiger charge is -2.40. The Balaban J connectivity index is 2.39. The van der Waals surface area contributed by atoms with Crippen LogP contribution in [0.2, 0.25) is 0 Å². The molecule has 1 heterocycles. The summed E-state index contributed by atoms with van der Waals surface area (Å²) in [5.41, 5.74) is 0. The number of hydrogen-bond donors (Lipinski definition) is 6. The first-order valence-electron chi connectivity index (χ1n) is 22.7. The monoisotopic (exact) mass is 780 g/mol. The van der Waals surface area contributed by atoms with Gasteiger partial charge in [0.05, 0.1) is 25.4 Å². The molecule has 0 aromatic heterocycles. The van der Waals surface area contributed by atoms with Gasteiger partial charge in [0.25, 0.3) is 0 Å². The third-order valence-corrected chi connectivity index (χ3v) is 10.7. The van der Waals surface area contributed by atoms with Crippen LogP contribution in [0.1, 0.15) is 194 Å². The van der Waals surface area contributed by atoms with E-state index in [9.17, 15) is 30.3 Å². The Morgan fingerprint density at radius 3 is 1.58 bits per heavy atom. The maximum atomic E-state index is 12.9. The molecule has 9 nitrogen and oxygen atoms in total. The number of hydrogen-bond acceptors (Lipinski definition) is 8. The second kappa shape index (κ2) is 36.7. The van der Waals surface area contributed by atoms with Gasteiger partial charge >= 0.3 is 0 Å². The molecular formula is C46H85NO8. The molecule has 1 fully saturated rings. The number of nitrogens with one attached hydrogen (secondary N) is 1. The van der Waals surface area contributed by atoms with Crippen molar-refractivity contribution >= 4 is 5.91 Å². The quantitative estimate of drug-likeness (QED) is 0.0270. The molecule has 55 heavy (non-hydrogen) atoms. The standard InChI is InChI=1S/C46H85NO8/c1-3-5-7-9-11-13-15-17-19-21-23-25-27-29-31-33-35-40(49)39(38-54-46-45(53)44(52)43(51)41(37-48)55-46)47-42(50)36-34-32-30-28-26-24-22-20-18-16-14-12-10-8-6-4-2/h14,16,20,22,33,35,39-41,43-46,48-49,51-53H,3-13,15,17-19,21,23-32,34,36-38H2,1-2H3,(H,47,50)/b16-14-,22-20-,35-33+. The van der Waals surface area contributed by atoms with E-state index in [-0.39, 0.29) is 12.5 Å². The number of unbranched alkanes of at least 4 members (excludes halogenated alkanes) is 23. The van der Waals surface area contributed by atoms with E-state index in [4.69, 9.17) is 9.47 Å². The van der Waals surface area contributed by atoms with Crippen LogP contribution in [0.4, 0.5) is 0 Å². The van der Waals surface area contributed by atoms with Gasteiger partial charge in [0.1, 0.15) is 24.4 Å². The summed E-state index contributed by atoms with van der Waals surface area (Å²) in [5.74, 6) is -0.192. The Morgan fingerprint density at radius 1 is 0.618 bits per heavy atom. The van der Waals surface area contributed by atoms with Crippen molar-refractivity contribution in [1.82, 2.24) is 5.32 Å². The van der Waals surface area contributed by atoms with Gasteiger partial charge in [-0.15, -0.1) is 0 Å². The Bertz CT molecular complexity index is 956. The van der Waals surface area contributed by atoms with E-state index in [0.29, 0.717) is 6.42 Å². The van der Waals surface area contributed by atoms with Gasteiger partial charge in [-0.25, -0.2) is 0 Å². The Labute approximate surface area is 336 Å². The Kier molecular flexibility index (Phi) is 34.3. The number of carbonyl (C=O) groups excluding carboxylic acids is 1. The Morgan fingerprint density at radius 2 is 1.07 bits per heavy atom. The molecule has 0 aromatic carbocycles. The van der Waals surface area contributed by atoms with Crippen LogP contribution in [0.5, 0.6) is 0 Å². The van der Waals surface area contributed by atoms with Crippen LogP contribution < -0.4 is 5.32 Å². The molecule has 1 amide bonds. The molecule has 322 valence electrons. The third-order valence-electron chi connectivity index (χ3n) is 10.7. The molecule has 0 saturated carbocycles. The van der Waals surface area contributed by atoms with Gasteiger partial charge in [-0.1, -0.05) is 172 Å². The van der Waals surface area contributed by atoms with Crippen molar-refractivity contribution in [2.45, 2.75) is 236 Å².